The van der Waals surface area contributed by atoms with Gasteiger partial charge in [0.05, 0.1) is 0 Å². The first-order chi connectivity index (χ1) is 6.24. The van der Waals surface area contributed by atoms with Crippen molar-refractivity contribution >= 4 is 12.2 Å². The SMILES string of the molecule is C=CC(=NC)N/C(C)=C/CNC=O. The van der Waals surface area contributed by atoms with Crippen molar-refractivity contribution in [2.75, 3.05) is 13.6 Å². The van der Waals surface area contributed by atoms with E-state index < -0.39 is 0 Å². The number of nitrogens with zero attached hydrogens (tertiary/aromatic N) is 1. The molecule has 0 fully saturated rings. The highest BCUT2D eigenvalue weighted by atomic mass is 16.1. The average Bonchev–Trinajstić information content (AvgIpc) is 2.14. The molecule has 0 unspecified atom stereocenters. The largest absolute Gasteiger partial charge is 0.355 e. The predicted molar refractivity (Wildman–Crippen MR) is 54.5 cm³/mol. The Kier molecular flexibility index (Phi) is 6.23. The van der Waals surface area contributed by atoms with Crippen molar-refractivity contribution in [3.8, 4) is 0 Å². The van der Waals surface area contributed by atoms with Crippen LogP contribution in [0.15, 0.2) is 29.4 Å². The van der Waals surface area contributed by atoms with Crippen LogP contribution in [0.4, 0.5) is 0 Å². The number of amidine groups is 1. The molecule has 4 nitrogen and oxygen atoms in total. The number of allylic oxidation sites excluding steroid dienone is 1. The van der Waals surface area contributed by atoms with E-state index in [4.69, 9.17) is 0 Å². The monoisotopic (exact) mass is 181 g/mol. The maximum atomic E-state index is 9.92. The van der Waals surface area contributed by atoms with E-state index in [1.807, 2.05) is 13.0 Å². The van der Waals surface area contributed by atoms with Crippen LogP contribution in [0.1, 0.15) is 6.92 Å². The molecular weight excluding hydrogens is 166 g/mol. The number of hydrogen-bond acceptors (Lipinski definition) is 2. The highest BCUT2D eigenvalue weighted by molar-refractivity contribution is 5.93. The van der Waals surface area contributed by atoms with Gasteiger partial charge in [0.2, 0.25) is 6.41 Å². The zero-order chi connectivity index (χ0) is 10.1. The Morgan fingerprint density at radius 3 is 2.77 bits per heavy atom. The van der Waals surface area contributed by atoms with Crippen LogP contribution in [0.5, 0.6) is 0 Å². The van der Waals surface area contributed by atoms with Crippen LogP contribution in [0.3, 0.4) is 0 Å². The van der Waals surface area contributed by atoms with Crippen molar-refractivity contribution in [1.82, 2.24) is 10.6 Å². The maximum absolute atomic E-state index is 9.92. The zero-order valence-corrected chi connectivity index (χ0v) is 8.00. The summed E-state index contributed by atoms with van der Waals surface area (Å²) in [5.41, 5.74) is 0.926. The first-order valence-corrected chi connectivity index (χ1v) is 3.94. The molecule has 72 valence electrons. The number of hydrogen-bond donors (Lipinski definition) is 2. The Morgan fingerprint density at radius 2 is 2.31 bits per heavy atom. The second-order valence-corrected chi connectivity index (χ2v) is 2.35. The number of aliphatic imine (C=N–C) groups is 1. The molecule has 0 heterocycles. The summed E-state index contributed by atoms with van der Waals surface area (Å²) >= 11 is 0. The van der Waals surface area contributed by atoms with Crippen molar-refractivity contribution in [3.05, 3.63) is 24.4 Å². The molecule has 0 aliphatic heterocycles. The molecule has 13 heavy (non-hydrogen) atoms. The molecule has 0 aromatic heterocycles. The van der Waals surface area contributed by atoms with E-state index in [0.717, 1.165) is 5.70 Å². The molecule has 2 N–H and O–H groups in total. The number of nitrogens with one attached hydrogen (secondary N) is 2. The Balaban J connectivity index is 3.96. The van der Waals surface area contributed by atoms with Gasteiger partial charge in [-0.15, -0.1) is 0 Å². The summed E-state index contributed by atoms with van der Waals surface area (Å²) < 4.78 is 0. The Bertz CT molecular complexity index is 231. The highest BCUT2D eigenvalue weighted by Gasteiger charge is 1.90. The lowest BCUT2D eigenvalue weighted by Crippen LogP contribution is -2.20. The Morgan fingerprint density at radius 1 is 1.62 bits per heavy atom. The first kappa shape index (κ1) is 11.4. The predicted octanol–water partition coefficient (Wildman–Crippen LogP) is 0.440. The van der Waals surface area contributed by atoms with Crippen LogP contribution in [-0.2, 0) is 4.79 Å². The summed E-state index contributed by atoms with van der Waals surface area (Å²) in [6.45, 7) is 5.99. The van der Waals surface area contributed by atoms with Gasteiger partial charge in [-0.25, -0.2) is 0 Å². The van der Waals surface area contributed by atoms with Crippen molar-refractivity contribution in [1.29, 1.82) is 0 Å². The molecule has 0 aromatic rings. The van der Waals surface area contributed by atoms with Gasteiger partial charge in [-0.3, -0.25) is 9.79 Å². The molecule has 0 saturated heterocycles. The minimum atomic E-state index is 0.510. The van der Waals surface area contributed by atoms with Gasteiger partial charge in [-0.2, -0.15) is 0 Å². The molecule has 0 bridgehead atoms. The van der Waals surface area contributed by atoms with Crippen LogP contribution >= 0.6 is 0 Å². The van der Waals surface area contributed by atoms with Gasteiger partial charge in [-0.1, -0.05) is 6.58 Å². The minimum absolute atomic E-state index is 0.510. The van der Waals surface area contributed by atoms with Crippen molar-refractivity contribution in [2.45, 2.75) is 6.92 Å². The molecule has 1 amide bonds. The van der Waals surface area contributed by atoms with E-state index in [1.165, 1.54) is 0 Å². The fourth-order valence-electron chi connectivity index (χ4n) is 0.711. The highest BCUT2D eigenvalue weighted by Crippen LogP contribution is 1.86. The van der Waals surface area contributed by atoms with E-state index >= 15 is 0 Å². The molecule has 0 aliphatic rings. The van der Waals surface area contributed by atoms with E-state index in [2.05, 4.69) is 22.2 Å². The second-order valence-electron chi connectivity index (χ2n) is 2.35. The summed E-state index contributed by atoms with van der Waals surface area (Å²) in [7, 11) is 1.68. The third kappa shape index (κ3) is 5.66. The summed E-state index contributed by atoms with van der Waals surface area (Å²) in [6, 6.07) is 0. The van der Waals surface area contributed by atoms with E-state index in [1.54, 1.807) is 13.1 Å². The van der Waals surface area contributed by atoms with Gasteiger partial charge in [0.15, 0.2) is 0 Å². The summed E-state index contributed by atoms with van der Waals surface area (Å²) in [5.74, 6) is 0.708. The number of carbonyl (C=O) groups is 1. The van der Waals surface area contributed by atoms with Crippen molar-refractivity contribution in [3.63, 3.8) is 0 Å². The Hall–Kier alpha value is -1.58. The molecule has 0 atom stereocenters. The smallest absolute Gasteiger partial charge is 0.207 e. The number of amides is 1. The van der Waals surface area contributed by atoms with Gasteiger partial charge in [0, 0.05) is 19.3 Å². The fraction of sp³-hybridized carbons (Fsp3) is 0.333. The van der Waals surface area contributed by atoms with Gasteiger partial charge in [-0.05, 0) is 19.1 Å². The normalized spacial score (nSPS) is 12.2. The second kappa shape index (κ2) is 7.09. The van der Waals surface area contributed by atoms with Crippen molar-refractivity contribution in [2.24, 2.45) is 4.99 Å². The third-order valence-electron chi connectivity index (χ3n) is 1.37. The summed E-state index contributed by atoms with van der Waals surface area (Å²) in [5, 5.41) is 5.54. The molecule has 0 aliphatic carbocycles. The van der Waals surface area contributed by atoms with Crippen LogP contribution in [0, 0.1) is 0 Å². The minimum Gasteiger partial charge on any atom is -0.355 e. The van der Waals surface area contributed by atoms with Gasteiger partial charge in [0.1, 0.15) is 5.84 Å². The quantitative estimate of drug-likeness (QED) is 0.280. The molecule has 0 rings (SSSR count). The topological polar surface area (TPSA) is 53.5 Å². The zero-order valence-electron chi connectivity index (χ0n) is 8.00. The standard InChI is InChI=1S/C9H15N3O/c1-4-9(10-3)12-8(2)5-6-11-7-13/h4-5,7H,1,6H2,2-3H3,(H,10,12)(H,11,13)/b8-5+. The number of rotatable bonds is 5. The molecule has 0 radical (unpaired) electrons. The van der Waals surface area contributed by atoms with Gasteiger partial charge >= 0.3 is 0 Å². The van der Waals surface area contributed by atoms with E-state index in [0.29, 0.717) is 18.8 Å². The lowest BCUT2D eigenvalue weighted by molar-refractivity contribution is -0.109. The van der Waals surface area contributed by atoms with Crippen LogP contribution < -0.4 is 10.6 Å². The molecule has 4 heteroatoms. The van der Waals surface area contributed by atoms with E-state index in [-0.39, 0.29) is 0 Å². The van der Waals surface area contributed by atoms with Crippen molar-refractivity contribution < 1.29 is 4.79 Å². The Labute approximate surface area is 78.4 Å². The average molecular weight is 181 g/mol. The van der Waals surface area contributed by atoms with Crippen LogP contribution in [0.25, 0.3) is 0 Å². The van der Waals surface area contributed by atoms with Gasteiger partial charge < -0.3 is 10.6 Å². The molecular formula is C9H15N3O. The molecule has 0 spiro atoms. The van der Waals surface area contributed by atoms with Crippen LogP contribution in [0.2, 0.25) is 0 Å². The lowest BCUT2D eigenvalue weighted by atomic mass is 10.4. The third-order valence-corrected chi connectivity index (χ3v) is 1.37. The van der Waals surface area contributed by atoms with Crippen LogP contribution in [-0.4, -0.2) is 25.8 Å². The first-order valence-electron chi connectivity index (χ1n) is 3.94. The molecule has 0 saturated carbocycles. The maximum Gasteiger partial charge on any atom is 0.207 e. The number of carbonyl (C=O) groups excluding carboxylic acids is 1. The fourth-order valence-corrected chi connectivity index (χ4v) is 0.711. The summed E-state index contributed by atoms with van der Waals surface area (Å²) in [4.78, 5) is 13.9. The van der Waals surface area contributed by atoms with E-state index in [9.17, 15) is 4.79 Å². The summed E-state index contributed by atoms with van der Waals surface area (Å²) in [6.07, 6.45) is 4.14. The lowest BCUT2D eigenvalue weighted by Gasteiger charge is -2.04. The van der Waals surface area contributed by atoms with Gasteiger partial charge in [0.25, 0.3) is 0 Å². The molecule has 0 aromatic carbocycles.